The first-order chi connectivity index (χ1) is 16.6. The molecule has 1 aromatic carbocycles. The smallest absolute Gasteiger partial charge is 0.251 e. The van der Waals surface area contributed by atoms with Gasteiger partial charge < -0.3 is 19.5 Å². The Bertz CT molecular complexity index is 654. The van der Waals surface area contributed by atoms with Crippen LogP contribution in [-0.4, -0.2) is 44.8 Å². The van der Waals surface area contributed by atoms with Gasteiger partial charge in [-0.15, -0.1) is 11.6 Å². The number of aryl methyl sites for hydroxylation is 1. The zero-order valence-corrected chi connectivity index (χ0v) is 22.6. The summed E-state index contributed by atoms with van der Waals surface area (Å²) < 4.78 is 17.6. The Morgan fingerprint density at radius 3 is 2.00 bits per heavy atom. The van der Waals surface area contributed by atoms with Crippen LogP contribution in [0.1, 0.15) is 107 Å². The summed E-state index contributed by atoms with van der Waals surface area (Å²) in [5, 5.41) is 2.90. The van der Waals surface area contributed by atoms with Crippen LogP contribution in [0.25, 0.3) is 0 Å². The maximum absolute atomic E-state index is 12.7. The Kier molecular flexibility index (Phi) is 18.8. The van der Waals surface area contributed by atoms with Crippen LogP contribution < -0.4 is 14.8 Å². The second-order valence-electron chi connectivity index (χ2n) is 8.91. The molecule has 0 aromatic heterocycles. The van der Waals surface area contributed by atoms with Crippen molar-refractivity contribution < 1.29 is 19.0 Å². The van der Waals surface area contributed by atoms with Gasteiger partial charge in [-0.25, -0.2) is 0 Å². The van der Waals surface area contributed by atoms with Crippen molar-refractivity contribution in [2.24, 2.45) is 0 Å². The third kappa shape index (κ3) is 14.1. The van der Waals surface area contributed by atoms with Crippen molar-refractivity contribution in [1.82, 2.24) is 5.32 Å². The van der Waals surface area contributed by atoms with E-state index in [4.69, 9.17) is 25.8 Å². The third-order valence-corrected chi connectivity index (χ3v) is 5.91. The molecule has 6 heteroatoms. The molecule has 0 heterocycles. The molecule has 1 rings (SSSR count). The molecule has 0 saturated heterocycles. The Morgan fingerprint density at radius 1 is 0.794 bits per heavy atom. The lowest BCUT2D eigenvalue weighted by molar-refractivity contribution is 0.0923. The molecule has 0 aliphatic rings. The predicted molar refractivity (Wildman–Crippen MR) is 143 cm³/mol. The minimum Gasteiger partial charge on any atom is -0.490 e. The van der Waals surface area contributed by atoms with Crippen LogP contribution >= 0.6 is 11.6 Å². The monoisotopic (exact) mass is 497 g/mol. The Morgan fingerprint density at radius 2 is 1.38 bits per heavy atom. The highest BCUT2D eigenvalue weighted by molar-refractivity contribution is 6.17. The van der Waals surface area contributed by atoms with Gasteiger partial charge in [0.15, 0.2) is 11.5 Å². The molecule has 1 aromatic rings. The van der Waals surface area contributed by atoms with Gasteiger partial charge in [-0.1, -0.05) is 78.1 Å². The molecule has 0 atom stereocenters. The van der Waals surface area contributed by atoms with Crippen LogP contribution in [-0.2, 0) is 4.74 Å². The summed E-state index contributed by atoms with van der Waals surface area (Å²) in [4.78, 5) is 12.7. The molecule has 196 valence electrons. The van der Waals surface area contributed by atoms with Crippen molar-refractivity contribution in [3.05, 3.63) is 23.3 Å². The minimum absolute atomic E-state index is 0.135. The molecule has 0 aliphatic heterocycles. The SMILES string of the molecule is CCCCCCCCOc1cc(C(=O)NCCOCCCl)cc(C)c1OCCCCCCCC. The average molecular weight is 498 g/mol. The fraction of sp³-hybridized carbons (Fsp3) is 0.750. The number of nitrogens with one attached hydrogen (secondary N) is 1. The van der Waals surface area contributed by atoms with Crippen LogP contribution in [0, 0.1) is 6.92 Å². The van der Waals surface area contributed by atoms with E-state index in [9.17, 15) is 4.79 Å². The quantitative estimate of drug-likeness (QED) is 0.133. The Labute approximate surface area is 213 Å². The van der Waals surface area contributed by atoms with E-state index in [-0.39, 0.29) is 5.91 Å². The predicted octanol–water partition coefficient (Wildman–Crippen LogP) is 7.46. The summed E-state index contributed by atoms with van der Waals surface area (Å²) in [6, 6.07) is 3.69. The number of halogens is 1. The fourth-order valence-electron chi connectivity index (χ4n) is 3.78. The number of rotatable bonds is 22. The number of amides is 1. The van der Waals surface area contributed by atoms with E-state index in [2.05, 4.69) is 19.2 Å². The van der Waals surface area contributed by atoms with E-state index >= 15 is 0 Å². The molecule has 0 radical (unpaired) electrons. The van der Waals surface area contributed by atoms with Gasteiger partial charge in [-0.3, -0.25) is 4.79 Å². The minimum atomic E-state index is -0.135. The van der Waals surface area contributed by atoms with Gasteiger partial charge >= 0.3 is 0 Å². The van der Waals surface area contributed by atoms with Crippen LogP contribution in [0.5, 0.6) is 11.5 Å². The van der Waals surface area contributed by atoms with Gasteiger partial charge in [-0.05, 0) is 37.5 Å². The largest absolute Gasteiger partial charge is 0.490 e. The van der Waals surface area contributed by atoms with E-state index in [0.717, 1.165) is 30.6 Å². The molecule has 0 spiro atoms. The standard InChI is InChI=1S/C28H48ClNO4/c1-4-6-8-10-12-14-18-33-26-23-25(28(31)30-17-21-32-20-16-29)22-24(3)27(26)34-19-15-13-11-9-7-5-2/h22-23H,4-21H2,1-3H3,(H,30,31). The van der Waals surface area contributed by atoms with Crippen molar-refractivity contribution in [1.29, 1.82) is 0 Å². The molecule has 0 fully saturated rings. The Balaban J connectivity index is 2.68. The van der Waals surface area contributed by atoms with Gasteiger partial charge in [0.1, 0.15) is 0 Å². The zero-order valence-electron chi connectivity index (χ0n) is 21.9. The first-order valence-electron chi connectivity index (χ1n) is 13.5. The van der Waals surface area contributed by atoms with Gasteiger partial charge in [-0.2, -0.15) is 0 Å². The number of carbonyl (C=O) groups is 1. The number of ether oxygens (including phenoxy) is 3. The number of benzene rings is 1. The molecule has 5 nitrogen and oxygen atoms in total. The van der Waals surface area contributed by atoms with Crippen molar-refractivity contribution in [3.8, 4) is 11.5 Å². The first-order valence-corrected chi connectivity index (χ1v) is 14.0. The maximum Gasteiger partial charge on any atom is 0.251 e. The average Bonchev–Trinajstić information content (AvgIpc) is 2.83. The molecule has 0 bridgehead atoms. The number of hydrogen-bond donors (Lipinski definition) is 1. The summed E-state index contributed by atoms with van der Waals surface area (Å²) >= 11 is 5.61. The van der Waals surface area contributed by atoms with E-state index < -0.39 is 0 Å². The highest BCUT2D eigenvalue weighted by Gasteiger charge is 2.15. The number of alkyl halides is 1. The summed E-state index contributed by atoms with van der Waals surface area (Å²) in [7, 11) is 0. The van der Waals surface area contributed by atoms with Crippen LogP contribution in [0.2, 0.25) is 0 Å². The first kappa shape index (κ1) is 30.6. The molecule has 0 saturated carbocycles. The molecular weight excluding hydrogens is 450 g/mol. The zero-order chi connectivity index (χ0) is 24.9. The van der Waals surface area contributed by atoms with Crippen molar-refractivity contribution >= 4 is 17.5 Å². The second kappa shape index (κ2) is 20.9. The van der Waals surface area contributed by atoms with E-state index in [1.165, 1.54) is 57.8 Å². The van der Waals surface area contributed by atoms with Crippen LogP contribution in [0.3, 0.4) is 0 Å². The lowest BCUT2D eigenvalue weighted by atomic mass is 10.1. The topological polar surface area (TPSA) is 56.8 Å². The number of hydrogen-bond acceptors (Lipinski definition) is 4. The molecule has 0 aliphatic carbocycles. The molecular formula is C28H48ClNO4. The fourth-order valence-corrected chi connectivity index (χ4v) is 3.89. The second-order valence-corrected chi connectivity index (χ2v) is 9.29. The molecule has 1 amide bonds. The van der Waals surface area contributed by atoms with Crippen molar-refractivity contribution in [2.75, 3.05) is 38.9 Å². The highest BCUT2D eigenvalue weighted by atomic mass is 35.5. The lowest BCUT2D eigenvalue weighted by Gasteiger charge is -2.17. The van der Waals surface area contributed by atoms with E-state index in [1.54, 1.807) is 0 Å². The van der Waals surface area contributed by atoms with Crippen molar-refractivity contribution in [3.63, 3.8) is 0 Å². The number of unbranched alkanes of at least 4 members (excludes halogenated alkanes) is 10. The highest BCUT2D eigenvalue weighted by Crippen LogP contribution is 2.33. The van der Waals surface area contributed by atoms with Gasteiger partial charge in [0.2, 0.25) is 0 Å². The normalized spacial score (nSPS) is 10.9. The van der Waals surface area contributed by atoms with E-state index in [1.807, 2.05) is 19.1 Å². The summed E-state index contributed by atoms with van der Waals surface area (Å²) in [6.07, 6.45) is 14.6. The molecule has 0 unspecified atom stereocenters. The lowest BCUT2D eigenvalue weighted by Crippen LogP contribution is -2.27. The van der Waals surface area contributed by atoms with Gasteiger partial charge in [0.05, 0.1) is 26.4 Å². The van der Waals surface area contributed by atoms with E-state index in [0.29, 0.717) is 50.2 Å². The molecule has 34 heavy (non-hydrogen) atoms. The van der Waals surface area contributed by atoms with Gasteiger partial charge in [0.25, 0.3) is 5.91 Å². The number of carbonyl (C=O) groups excluding carboxylic acids is 1. The van der Waals surface area contributed by atoms with Crippen molar-refractivity contribution in [2.45, 2.75) is 97.8 Å². The third-order valence-electron chi connectivity index (χ3n) is 5.76. The summed E-state index contributed by atoms with van der Waals surface area (Å²) in [5.41, 5.74) is 1.51. The van der Waals surface area contributed by atoms with Gasteiger partial charge in [0, 0.05) is 18.0 Å². The summed E-state index contributed by atoms with van der Waals surface area (Å²) in [6.45, 7) is 9.12. The van der Waals surface area contributed by atoms with Crippen LogP contribution in [0.15, 0.2) is 12.1 Å². The Hall–Kier alpha value is -1.46. The van der Waals surface area contributed by atoms with Crippen LogP contribution in [0.4, 0.5) is 0 Å². The maximum atomic E-state index is 12.7. The molecule has 1 N–H and O–H groups in total. The summed E-state index contributed by atoms with van der Waals surface area (Å²) in [5.74, 6) is 1.75.